The zero-order valence-corrected chi connectivity index (χ0v) is 14.7. The fraction of sp³-hybridized carbons (Fsp3) is 0.529. The summed E-state index contributed by atoms with van der Waals surface area (Å²) in [5.74, 6) is 1.43. The van der Waals surface area contributed by atoms with Gasteiger partial charge in [0.05, 0.1) is 18.7 Å². The van der Waals surface area contributed by atoms with Gasteiger partial charge in [-0.05, 0) is 45.7 Å². The maximum atomic E-state index is 11.6. The Morgan fingerprint density at radius 2 is 2.17 bits per heavy atom. The molecule has 1 heterocycles. The largest absolute Gasteiger partial charge is 0.494 e. The van der Waals surface area contributed by atoms with Crippen LogP contribution in [0.2, 0.25) is 0 Å². The highest BCUT2D eigenvalue weighted by molar-refractivity contribution is 5.81. The van der Waals surface area contributed by atoms with E-state index in [-0.39, 0.29) is 6.04 Å². The summed E-state index contributed by atoms with van der Waals surface area (Å²) in [5, 5.41) is 2.72. The third-order valence-corrected chi connectivity index (χ3v) is 3.43. The molecule has 0 spiro atoms. The zero-order valence-electron chi connectivity index (χ0n) is 14.7. The molecule has 2 rings (SSSR count). The van der Waals surface area contributed by atoms with E-state index in [4.69, 9.17) is 15.2 Å². The number of amides is 1. The molecule has 1 unspecified atom stereocenters. The summed E-state index contributed by atoms with van der Waals surface area (Å²) in [6.45, 7) is 6.00. The molecule has 132 valence electrons. The molecule has 1 amide bonds. The number of nitrogens with one attached hydrogen (secondary N) is 2. The fourth-order valence-corrected chi connectivity index (χ4v) is 2.33. The lowest BCUT2D eigenvalue weighted by atomic mass is 10.1. The van der Waals surface area contributed by atoms with Gasteiger partial charge in [0.1, 0.15) is 22.7 Å². The molecule has 0 aliphatic heterocycles. The molecule has 4 N–H and O–H groups in total. The number of hydrogen-bond donors (Lipinski definition) is 3. The van der Waals surface area contributed by atoms with Crippen LogP contribution in [0.3, 0.4) is 0 Å². The quantitative estimate of drug-likeness (QED) is 0.705. The maximum Gasteiger partial charge on any atom is 0.407 e. The average Bonchev–Trinajstić information content (AvgIpc) is 2.93. The summed E-state index contributed by atoms with van der Waals surface area (Å²) in [6, 6.07) is 5.47. The first kappa shape index (κ1) is 18.1. The summed E-state index contributed by atoms with van der Waals surface area (Å²) < 4.78 is 10.5. The van der Waals surface area contributed by atoms with Gasteiger partial charge in [-0.2, -0.15) is 0 Å². The molecule has 0 bridgehead atoms. The lowest BCUT2D eigenvalue weighted by molar-refractivity contribution is 0.0526. The summed E-state index contributed by atoms with van der Waals surface area (Å²) in [7, 11) is 1.62. The lowest BCUT2D eigenvalue weighted by Crippen LogP contribution is -2.33. The highest BCUT2D eigenvalue weighted by Crippen LogP contribution is 2.25. The first-order valence-electron chi connectivity index (χ1n) is 8.05. The van der Waals surface area contributed by atoms with E-state index in [1.165, 1.54) is 0 Å². The summed E-state index contributed by atoms with van der Waals surface area (Å²) >= 11 is 0. The van der Waals surface area contributed by atoms with Gasteiger partial charge in [-0.1, -0.05) is 6.07 Å². The number of hydrogen-bond acceptors (Lipinski definition) is 5. The van der Waals surface area contributed by atoms with E-state index >= 15 is 0 Å². The number of aromatic nitrogens is 2. The molecule has 1 atom stereocenters. The Balaban J connectivity index is 1.85. The van der Waals surface area contributed by atoms with Crippen molar-refractivity contribution in [3.63, 3.8) is 0 Å². The Morgan fingerprint density at radius 1 is 1.42 bits per heavy atom. The highest BCUT2D eigenvalue weighted by Gasteiger charge is 2.16. The van der Waals surface area contributed by atoms with Gasteiger partial charge in [0.2, 0.25) is 0 Å². The van der Waals surface area contributed by atoms with Gasteiger partial charge in [-0.25, -0.2) is 9.78 Å². The van der Waals surface area contributed by atoms with Crippen molar-refractivity contribution in [3.05, 3.63) is 24.0 Å². The van der Waals surface area contributed by atoms with E-state index in [1.54, 1.807) is 7.11 Å². The lowest BCUT2D eigenvalue weighted by Gasteiger charge is -2.19. The summed E-state index contributed by atoms with van der Waals surface area (Å²) in [6.07, 6.45) is 1.01. The Kier molecular flexibility index (Phi) is 5.66. The molecular weight excluding hydrogens is 308 g/mol. The third kappa shape index (κ3) is 4.86. The predicted molar refractivity (Wildman–Crippen MR) is 93.0 cm³/mol. The number of aromatic amines is 1. The molecule has 0 fully saturated rings. The molecule has 24 heavy (non-hydrogen) atoms. The van der Waals surface area contributed by atoms with Crippen LogP contribution in [0.25, 0.3) is 11.0 Å². The second-order valence-corrected chi connectivity index (χ2v) is 6.66. The van der Waals surface area contributed by atoms with E-state index in [9.17, 15) is 4.79 Å². The first-order valence-corrected chi connectivity index (χ1v) is 8.05. The Morgan fingerprint density at radius 3 is 2.83 bits per heavy atom. The van der Waals surface area contributed by atoms with E-state index in [1.807, 2.05) is 39.0 Å². The number of fused-ring (bicyclic) bond motifs is 1. The molecule has 0 radical (unpaired) electrons. The van der Waals surface area contributed by atoms with Crippen LogP contribution in [-0.2, 0) is 4.74 Å². The number of methoxy groups -OCH3 is 1. The number of rotatable bonds is 6. The van der Waals surface area contributed by atoms with Crippen LogP contribution in [0.5, 0.6) is 5.75 Å². The molecule has 7 heteroatoms. The van der Waals surface area contributed by atoms with Gasteiger partial charge < -0.3 is 25.5 Å². The van der Waals surface area contributed by atoms with E-state index < -0.39 is 11.7 Å². The number of nitrogens with zero attached hydrogens (tertiary/aromatic N) is 1. The SMILES string of the molecule is COc1cccc2[nH]c(C(N)CCCNC(=O)OC(C)(C)C)nc12. The second kappa shape index (κ2) is 7.53. The van der Waals surface area contributed by atoms with Crippen LogP contribution in [0.4, 0.5) is 4.79 Å². The highest BCUT2D eigenvalue weighted by atomic mass is 16.6. The van der Waals surface area contributed by atoms with Crippen molar-refractivity contribution in [3.8, 4) is 5.75 Å². The minimum atomic E-state index is -0.492. The maximum absolute atomic E-state index is 11.6. The minimum absolute atomic E-state index is 0.234. The van der Waals surface area contributed by atoms with Crippen molar-refractivity contribution < 1.29 is 14.3 Å². The monoisotopic (exact) mass is 334 g/mol. The topological polar surface area (TPSA) is 102 Å². The van der Waals surface area contributed by atoms with Gasteiger partial charge in [-0.15, -0.1) is 0 Å². The summed E-state index contributed by atoms with van der Waals surface area (Å²) in [4.78, 5) is 19.3. The van der Waals surface area contributed by atoms with Gasteiger partial charge in [0, 0.05) is 6.54 Å². The van der Waals surface area contributed by atoms with Crippen molar-refractivity contribution in [1.29, 1.82) is 0 Å². The molecule has 1 aromatic heterocycles. The van der Waals surface area contributed by atoms with Crippen LogP contribution in [0.15, 0.2) is 18.2 Å². The number of H-pyrrole nitrogens is 1. The number of ether oxygens (including phenoxy) is 2. The Labute approximate surface area is 141 Å². The van der Waals surface area contributed by atoms with Crippen molar-refractivity contribution >= 4 is 17.1 Å². The van der Waals surface area contributed by atoms with Crippen LogP contribution < -0.4 is 15.8 Å². The molecule has 2 aromatic rings. The number of alkyl carbamates (subject to hydrolysis) is 1. The molecule has 7 nitrogen and oxygen atoms in total. The molecule has 0 aliphatic carbocycles. The van der Waals surface area contributed by atoms with Crippen molar-refractivity contribution in [1.82, 2.24) is 15.3 Å². The first-order chi connectivity index (χ1) is 11.3. The number of benzene rings is 1. The number of nitrogens with two attached hydrogens (primary N) is 1. The average molecular weight is 334 g/mol. The number of carbonyl (C=O) groups is 1. The summed E-state index contributed by atoms with van der Waals surface area (Å²) in [5.41, 5.74) is 7.37. The number of para-hydroxylation sites is 1. The van der Waals surface area contributed by atoms with Crippen molar-refractivity contribution in [2.45, 2.75) is 45.3 Å². The van der Waals surface area contributed by atoms with Gasteiger partial charge >= 0.3 is 6.09 Å². The van der Waals surface area contributed by atoms with Crippen molar-refractivity contribution in [2.24, 2.45) is 5.73 Å². The molecule has 0 saturated carbocycles. The number of carbonyl (C=O) groups excluding carboxylic acids is 1. The second-order valence-electron chi connectivity index (χ2n) is 6.66. The predicted octanol–water partition coefficient (Wildman–Crippen LogP) is 2.88. The normalized spacial score (nSPS) is 12.9. The minimum Gasteiger partial charge on any atom is -0.494 e. The van der Waals surface area contributed by atoms with E-state index in [2.05, 4.69) is 15.3 Å². The van der Waals surface area contributed by atoms with Crippen LogP contribution in [0.1, 0.15) is 45.5 Å². The van der Waals surface area contributed by atoms with Crippen LogP contribution in [0, 0.1) is 0 Å². The Bertz CT molecular complexity index is 691. The molecular formula is C17H26N4O3. The van der Waals surface area contributed by atoms with Crippen LogP contribution >= 0.6 is 0 Å². The fourth-order valence-electron chi connectivity index (χ4n) is 2.33. The van der Waals surface area contributed by atoms with Gasteiger partial charge in [-0.3, -0.25) is 0 Å². The van der Waals surface area contributed by atoms with E-state index in [0.29, 0.717) is 24.5 Å². The van der Waals surface area contributed by atoms with Crippen LogP contribution in [-0.4, -0.2) is 35.3 Å². The third-order valence-electron chi connectivity index (χ3n) is 3.43. The Hall–Kier alpha value is -2.28. The standard InChI is InChI=1S/C17H26N4O3/c1-17(2,3)24-16(22)19-10-6-7-11(18)15-20-12-8-5-9-13(23-4)14(12)21-15/h5,8-9,11H,6-7,10,18H2,1-4H3,(H,19,22)(H,20,21). The molecule has 0 saturated heterocycles. The van der Waals surface area contributed by atoms with Crippen molar-refractivity contribution in [2.75, 3.05) is 13.7 Å². The number of imidazole rings is 1. The zero-order chi connectivity index (χ0) is 17.7. The van der Waals surface area contributed by atoms with E-state index in [0.717, 1.165) is 17.5 Å². The van der Waals surface area contributed by atoms with Gasteiger partial charge in [0.25, 0.3) is 0 Å². The molecule has 1 aromatic carbocycles. The molecule has 0 aliphatic rings. The van der Waals surface area contributed by atoms with Gasteiger partial charge in [0.15, 0.2) is 0 Å². The smallest absolute Gasteiger partial charge is 0.407 e.